The summed E-state index contributed by atoms with van der Waals surface area (Å²) in [5, 5.41) is 2.99. The van der Waals surface area contributed by atoms with Crippen molar-refractivity contribution in [2.24, 2.45) is 0 Å². The highest BCUT2D eigenvalue weighted by atomic mass is 127. The Morgan fingerprint density at radius 2 is 1.71 bits per heavy atom. The normalized spacial score (nSPS) is 19.0. The van der Waals surface area contributed by atoms with Gasteiger partial charge in [-0.3, -0.25) is 4.72 Å². The molecule has 7 nitrogen and oxygen atoms in total. The summed E-state index contributed by atoms with van der Waals surface area (Å²) in [6.07, 6.45) is 0.768. The van der Waals surface area contributed by atoms with Crippen LogP contribution >= 0.6 is 34.2 Å². The average molecular weight is 586 g/mol. The van der Waals surface area contributed by atoms with Crippen molar-refractivity contribution in [2.75, 3.05) is 36.3 Å². The molecule has 2 heterocycles. The molecule has 0 atom stereocenters. The third-order valence-electron chi connectivity index (χ3n) is 5.16. The molecule has 2 aliphatic heterocycles. The van der Waals surface area contributed by atoms with Gasteiger partial charge in [-0.15, -0.1) is 0 Å². The molecule has 0 aliphatic carbocycles. The number of hydrogen-bond acceptors (Lipinski definition) is 5. The number of ether oxygens (including phenoxy) is 2. The molecule has 31 heavy (non-hydrogen) atoms. The van der Waals surface area contributed by atoms with Gasteiger partial charge in [-0.25, -0.2) is 8.78 Å². The van der Waals surface area contributed by atoms with E-state index in [1.807, 2.05) is 0 Å². The van der Waals surface area contributed by atoms with Gasteiger partial charge < -0.3 is 14.8 Å². The molecule has 0 unspecified atom stereocenters. The highest BCUT2D eigenvalue weighted by molar-refractivity contribution is 14.1. The van der Waals surface area contributed by atoms with E-state index in [0.717, 1.165) is 15.7 Å². The molecule has 2 saturated heterocycles. The van der Waals surface area contributed by atoms with E-state index in [-0.39, 0.29) is 29.5 Å². The predicted octanol–water partition coefficient (Wildman–Crippen LogP) is 4.46. The van der Waals surface area contributed by atoms with Crippen LogP contribution in [0.1, 0.15) is 12.8 Å². The van der Waals surface area contributed by atoms with Crippen LogP contribution in [0.15, 0.2) is 30.3 Å². The fourth-order valence-electron chi connectivity index (χ4n) is 3.54. The van der Waals surface area contributed by atoms with E-state index in [4.69, 9.17) is 21.1 Å². The second kappa shape index (κ2) is 8.94. The fourth-order valence-corrected chi connectivity index (χ4v) is 5.68. The molecule has 168 valence electrons. The first-order chi connectivity index (χ1) is 14.7. The number of benzene rings is 2. The standard InChI is InChI=1S/C19H19ClF2IN3O4S/c20-13-11-12(23)1-3-15(13)24-18-16(4-2-14(21)17(18)22)25-31(27,28)26-7-5-19(6-8-26)29-9-10-30-19/h1-4,11,24-25H,5-10H2. The van der Waals surface area contributed by atoms with Crippen molar-refractivity contribution in [3.63, 3.8) is 0 Å². The van der Waals surface area contributed by atoms with Gasteiger partial charge in [-0.05, 0) is 52.9 Å². The van der Waals surface area contributed by atoms with E-state index in [2.05, 4.69) is 32.6 Å². The number of nitrogens with zero attached hydrogens (tertiary/aromatic N) is 1. The summed E-state index contributed by atoms with van der Waals surface area (Å²) in [6, 6.07) is 6.99. The van der Waals surface area contributed by atoms with Gasteiger partial charge in [0.15, 0.2) is 17.4 Å². The van der Waals surface area contributed by atoms with E-state index in [1.165, 1.54) is 4.31 Å². The quantitative estimate of drug-likeness (QED) is 0.507. The van der Waals surface area contributed by atoms with Gasteiger partial charge in [-0.2, -0.15) is 12.7 Å². The number of nitrogens with one attached hydrogen (secondary N) is 2. The molecule has 0 aromatic heterocycles. The molecule has 0 bridgehead atoms. The fraction of sp³-hybridized carbons (Fsp3) is 0.368. The van der Waals surface area contributed by atoms with Crippen molar-refractivity contribution >= 4 is 61.5 Å². The topological polar surface area (TPSA) is 79.9 Å². The Bertz CT molecular complexity index is 1090. The predicted molar refractivity (Wildman–Crippen MR) is 122 cm³/mol. The minimum absolute atomic E-state index is 0.137. The monoisotopic (exact) mass is 585 g/mol. The summed E-state index contributed by atoms with van der Waals surface area (Å²) in [6.45, 7) is 1.31. The Hall–Kier alpha value is -1.25. The molecule has 0 saturated carbocycles. The lowest BCUT2D eigenvalue weighted by atomic mass is 10.1. The van der Waals surface area contributed by atoms with E-state index in [1.54, 1.807) is 18.2 Å². The van der Waals surface area contributed by atoms with Crippen LogP contribution in [0.5, 0.6) is 0 Å². The summed E-state index contributed by atoms with van der Waals surface area (Å²) in [5.41, 5.74) is -0.188. The highest BCUT2D eigenvalue weighted by Crippen LogP contribution is 2.36. The number of hydrogen-bond donors (Lipinski definition) is 2. The van der Waals surface area contributed by atoms with Crippen LogP contribution in [0, 0.1) is 15.2 Å². The Kier molecular flexibility index (Phi) is 6.62. The Labute approximate surface area is 197 Å². The maximum absolute atomic E-state index is 14.6. The first-order valence-corrected chi connectivity index (χ1v) is 12.3. The lowest BCUT2D eigenvalue weighted by molar-refractivity contribution is -0.179. The number of anilines is 3. The number of rotatable bonds is 5. The van der Waals surface area contributed by atoms with Crippen LogP contribution in [-0.2, 0) is 19.7 Å². The molecule has 2 N–H and O–H groups in total. The van der Waals surface area contributed by atoms with Gasteiger partial charge >= 0.3 is 10.2 Å². The zero-order valence-electron chi connectivity index (χ0n) is 16.1. The highest BCUT2D eigenvalue weighted by Gasteiger charge is 2.42. The summed E-state index contributed by atoms with van der Waals surface area (Å²) < 4.78 is 70.1. The first-order valence-electron chi connectivity index (χ1n) is 9.45. The van der Waals surface area contributed by atoms with E-state index in [9.17, 15) is 17.2 Å². The van der Waals surface area contributed by atoms with Crippen molar-refractivity contribution < 1.29 is 26.7 Å². The van der Waals surface area contributed by atoms with Crippen molar-refractivity contribution in [3.05, 3.63) is 50.6 Å². The summed E-state index contributed by atoms with van der Waals surface area (Å²) in [5.74, 6) is -3.08. The molecular weight excluding hydrogens is 567 g/mol. The van der Waals surface area contributed by atoms with Crippen LogP contribution in [-0.4, -0.2) is 44.8 Å². The minimum Gasteiger partial charge on any atom is -0.350 e. The van der Waals surface area contributed by atoms with E-state index in [0.29, 0.717) is 31.7 Å². The van der Waals surface area contributed by atoms with Crippen LogP contribution in [0.2, 0.25) is 5.02 Å². The molecule has 2 aliphatic rings. The van der Waals surface area contributed by atoms with Crippen molar-refractivity contribution in [1.29, 1.82) is 0 Å². The maximum atomic E-state index is 14.6. The molecule has 12 heteroatoms. The smallest absolute Gasteiger partial charge is 0.301 e. The van der Waals surface area contributed by atoms with Gasteiger partial charge in [0.05, 0.1) is 29.6 Å². The van der Waals surface area contributed by atoms with Crippen molar-refractivity contribution in [1.82, 2.24) is 4.31 Å². The van der Waals surface area contributed by atoms with Gasteiger partial charge in [0.25, 0.3) is 0 Å². The van der Waals surface area contributed by atoms with Crippen molar-refractivity contribution in [3.8, 4) is 0 Å². The molecule has 1 spiro atoms. The van der Waals surface area contributed by atoms with Crippen LogP contribution in [0.25, 0.3) is 0 Å². The van der Waals surface area contributed by atoms with E-state index < -0.39 is 27.6 Å². The van der Waals surface area contributed by atoms with E-state index >= 15 is 0 Å². The van der Waals surface area contributed by atoms with Gasteiger partial charge in [0, 0.05) is 29.5 Å². The lowest BCUT2D eigenvalue weighted by Crippen LogP contribution is -2.48. The van der Waals surface area contributed by atoms with Crippen LogP contribution in [0.3, 0.4) is 0 Å². The Balaban J connectivity index is 1.57. The van der Waals surface area contributed by atoms with Crippen molar-refractivity contribution in [2.45, 2.75) is 18.6 Å². The van der Waals surface area contributed by atoms with Gasteiger partial charge in [0.1, 0.15) is 5.69 Å². The summed E-state index contributed by atoms with van der Waals surface area (Å²) in [4.78, 5) is 0. The molecule has 2 aromatic carbocycles. The molecular formula is C19H19ClF2IN3O4S. The lowest BCUT2D eigenvalue weighted by Gasteiger charge is -2.36. The van der Waals surface area contributed by atoms with Gasteiger partial charge in [0.2, 0.25) is 0 Å². The summed E-state index contributed by atoms with van der Waals surface area (Å²) in [7, 11) is -4.03. The average Bonchev–Trinajstić information content (AvgIpc) is 3.17. The molecule has 0 amide bonds. The van der Waals surface area contributed by atoms with Crippen LogP contribution in [0.4, 0.5) is 25.8 Å². The third kappa shape index (κ3) is 4.91. The Morgan fingerprint density at radius 3 is 2.35 bits per heavy atom. The zero-order chi connectivity index (χ0) is 22.2. The second-order valence-electron chi connectivity index (χ2n) is 7.15. The first kappa shape index (κ1) is 22.9. The zero-order valence-corrected chi connectivity index (χ0v) is 19.9. The number of piperidine rings is 1. The third-order valence-corrected chi connectivity index (χ3v) is 7.67. The second-order valence-corrected chi connectivity index (χ2v) is 10.5. The number of halogens is 4. The van der Waals surface area contributed by atoms with Crippen LogP contribution < -0.4 is 10.0 Å². The molecule has 0 radical (unpaired) electrons. The maximum Gasteiger partial charge on any atom is 0.301 e. The summed E-state index contributed by atoms with van der Waals surface area (Å²) >= 11 is 8.25. The molecule has 2 aromatic rings. The minimum atomic E-state index is -4.03. The largest absolute Gasteiger partial charge is 0.350 e. The molecule has 2 fully saturated rings. The Morgan fingerprint density at radius 1 is 1.06 bits per heavy atom. The molecule has 4 rings (SSSR count). The SMILES string of the molecule is O=S(=O)(Nc1ccc(F)c(F)c1Nc1ccc(I)cc1Cl)N1CCC2(CC1)OCCO2. The van der Waals surface area contributed by atoms with Gasteiger partial charge in [-0.1, -0.05) is 11.6 Å².